The van der Waals surface area contributed by atoms with Crippen molar-refractivity contribution in [2.24, 2.45) is 0 Å². The summed E-state index contributed by atoms with van der Waals surface area (Å²) in [6.07, 6.45) is 7.88. The maximum absolute atomic E-state index is 4.06. The lowest BCUT2D eigenvalue weighted by Crippen LogP contribution is -2.48. The molecule has 1 nitrogen and oxygen atoms in total. The van der Waals surface area contributed by atoms with Crippen LogP contribution < -0.4 is 5.32 Å². The molecule has 1 unspecified atom stereocenters. The van der Waals surface area contributed by atoms with Gasteiger partial charge in [-0.2, -0.15) is 0 Å². The van der Waals surface area contributed by atoms with Gasteiger partial charge < -0.3 is 5.32 Å². The van der Waals surface area contributed by atoms with Crippen molar-refractivity contribution in [3.8, 4) is 0 Å². The minimum Gasteiger partial charge on any atom is -0.303 e. The summed E-state index contributed by atoms with van der Waals surface area (Å²) in [6.45, 7) is 5.66. The molecule has 0 aliphatic carbocycles. The maximum Gasteiger partial charge on any atom is 0.0757 e. The van der Waals surface area contributed by atoms with E-state index in [9.17, 15) is 0 Å². The summed E-state index contributed by atoms with van der Waals surface area (Å²) in [7, 11) is 0. The van der Waals surface area contributed by atoms with Crippen molar-refractivity contribution in [1.29, 1.82) is 0 Å². The van der Waals surface area contributed by atoms with Gasteiger partial charge in [0.1, 0.15) is 0 Å². The summed E-state index contributed by atoms with van der Waals surface area (Å²) in [5.41, 5.74) is 3.77. The van der Waals surface area contributed by atoms with Gasteiger partial charge in [0.05, 0.1) is 5.54 Å². The number of hydrogen-bond acceptors (Lipinski definition) is 1. The Balaban J connectivity index is 1.93. The molecule has 0 aliphatic rings. The molecule has 0 aliphatic heterocycles. The van der Waals surface area contributed by atoms with Crippen LogP contribution in [0.2, 0.25) is 0 Å². The first kappa shape index (κ1) is 22.3. The summed E-state index contributed by atoms with van der Waals surface area (Å²) in [4.78, 5) is 0. The highest BCUT2D eigenvalue weighted by molar-refractivity contribution is 5.43. The fourth-order valence-electron chi connectivity index (χ4n) is 4.61. The molecule has 1 N–H and O–H groups in total. The van der Waals surface area contributed by atoms with E-state index in [0.29, 0.717) is 5.92 Å². The SMILES string of the molecule is CCCCCCCCNC(c1ccccc1)(c1ccccc1)C(C)c1ccccc1. The molecule has 158 valence electrons. The minimum atomic E-state index is -0.257. The molecule has 0 radical (unpaired) electrons. The number of unbranched alkanes of at least 4 members (excludes halogenated alkanes) is 5. The lowest BCUT2D eigenvalue weighted by atomic mass is 9.71. The monoisotopic (exact) mass is 399 g/mol. The van der Waals surface area contributed by atoms with Gasteiger partial charge in [0.2, 0.25) is 0 Å². The highest BCUT2D eigenvalue weighted by atomic mass is 15.0. The predicted molar refractivity (Wildman–Crippen MR) is 130 cm³/mol. The molecule has 0 saturated heterocycles. The Morgan fingerprint density at radius 2 is 1.10 bits per heavy atom. The fourth-order valence-corrected chi connectivity index (χ4v) is 4.61. The Bertz CT molecular complexity index is 787. The maximum atomic E-state index is 4.06. The lowest BCUT2D eigenvalue weighted by Gasteiger charge is -2.42. The molecule has 0 spiro atoms. The smallest absolute Gasteiger partial charge is 0.0757 e. The molecule has 30 heavy (non-hydrogen) atoms. The fraction of sp³-hybridized carbons (Fsp3) is 0.379. The second-order valence-electron chi connectivity index (χ2n) is 8.37. The van der Waals surface area contributed by atoms with Gasteiger partial charge in [0, 0.05) is 5.92 Å². The molecule has 1 heteroatoms. The quantitative estimate of drug-likeness (QED) is 0.308. The number of hydrogen-bond donors (Lipinski definition) is 1. The average Bonchev–Trinajstić information content (AvgIpc) is 2.82. The van der Waals surface area contributed by atoms with Crippen molar-refractivity contribution < 1.29 is 0 Å². The standard InChI is InChI=1S/C29H37N/c1-3-4-5-6-7-17-24-30-29(27-20-13-9-14-21-27,28-22-15-10-16-23-28)25(2)26-18-11-8-12-19-26/h8-16,18-23,25,30H,3-7,17,24H2,1-2H3. The summed E-state index contributed by atoms with van der Waals surface area (Å²) in [6, 6.07) is 32.9. The van der Waals surface area contributed by atoms with Crippen molar-refractivity contribution in [2.75, 3.05) is 6.54 Å². The van der Waals surface area contributed by atoms with Crippen molar-refractivity contribution in [3.63, 3.8) is 0 Å². The van der Waals surface area contributed by atoms with Gasteiger partial charge in [-0.05, 0) is 29.7 Å². The van der Waals surface area contributed by atoms with Gasteiger partial charge in [-0.25, -0.2) is 0 Å². The molecule has 0 fully saturated rings. The van der Waals surface area contributed by atoms with Crippen molar-refractivity contribution >= 4 is 0 Å². The first-order valence-electron chi connectivity index (χ1n) is 11.7. The molecule has 0 amide bonds. The minimum absolute atomic E-state index is 0.257. The Kier molecular flexibility index (Phi) is 8.71. The van der Waals surface area contributed by atoms with E-state index in [2.05, 4.69) is 110 Å². The highest BCUT2D eigenvalue weighted by Gasteiger charge is 2.39. The molecule has 3 rings (SSSR count). The largest absolute Gasteiger partial charge is 0.303 e. The molecule has 0 bridgehead atoms. The van der Waals surface area contributed by atoms with Gasteiger partial charge in [0.15, 0.2) is 0 Å². The van der Waals surface area contributed by atoms with Crippen LogP contribution in [0.1, 0.15) is 75.0 Å². The van der Waals surface area contributed by atoms with Crippen molar-refractivity contribution in [1.82, 2.24) is 5.32 Å². The molecule has 0 heterocycles. The van der Waals surface area contributed by atoms with Gasteiger partial charge in [-0.15, -0.1) is 0 Å². The number of rotatable bonds is 12. The Hall–Kier alpha value is -2.38. The van der Waals surface area contributed by atoms with Gasteiger partial charge in [-0.3, -0.25) is 0 Å². The highest BCUT2D eigenvalue weighted by Crippen LogP contribution is 2.42. The van der Waals surface area contributed by atoms with Crippen LogP contribution in [0.5, 0.6) is 0 Å². The summed E-state index contributed by atoms with van der Waals surface area (Å²) < 4.78 is 0. The van der Waals surface area contributed by atoms with E-state index >= 15 is 0 Å². The summed E-state index contributed by atoms with van der Waals surface area (Å²) in [5.74, 6) is 0.295. The molecule has 3 aromatic rings. The normalized spacial score (nSPS) is 12.6. The van der Waals surface area contributed by atoms with Crippen LogP contribution >= 0.6 is 0 Å². The lowest BCUT2D eigenvalue weighted by molar-refractivity contribution is 0.337. The zero-order valence-corrected chi connectivity index (χ0v) is 18.7. The first-order valence-corrected chi connectivity index (χ1v) is 11.7. The second kappa shape index (κ2) is 11.7. The Labute approximate surface area is 183 Å². The molecule has 0 saturated carbocycles. The second-order valence-corrected chi connectivity index (χ2v) is 8.37. The van der Waals surface area contributed by atoms with E-state index < -0.39 is 0 Å². The molecule has 0 aromatic heterocycles. The van der Waals surface area contributed by atoms with E-state index in [-0.39, 0.29) is 5.54 Å². The zero-order valence-electron chi connectivity index (χ0n) is 18.7. The van der Waals surface area contributed by atoms with Crippen LogP contribution in [0.25, 0.3) is 0 Å². The van der Waals surface area contributed by atoms with E-state index in [0.717, 1.165) is 6.54 Å². The van der Waals surface area contributed by atoms with Crippen LogP contribution in [0.15, 0.2) is 91.0 Å². The summed E-state index contributed by atoms with van der Waals surface area (Å²) >= 11 is 0. The van der Waals surface area contributed by atoms with Crippen molar-refractivity contribution in [2.45, 2.75) is 63.8 Å². The van der Waals surface area contributed by atoms with Crippen LogP contribution in [0.3, 0.4) is 0 Å². The van der Waals surface area contributed by atoms with Crippen LogP contribution in [-0.4, -0.2) is 6.54 Å². The van der Waals surface area contributed by atoms with Gasteiger partial charge >= 0.3 is 0 Å². The molecular formula is C29H37N. The van der Waals surface area contributed by atoms with Crippen LogP contribution in [0, 0.1) is 0 Å². The van der Waals surface area contributed by atoms with Crippen molar-refractivity contribution in [3.05, 3.63) is 108 Å². The third-order valence-electron chi connectivity index (χ3n) is 6.34. The molecule has 3 aromatic carbocycles. The van der Waals surface area contributed by atoms with Crippen LogP contribution in [-0.2, 0) is 5.54 Å². The number of benzene rings is 3. The Morgan fingerprint density at radius 1 is 0.633 bits per heavy atom. The third-order valence-corrected chi connectivity index (χ3v) is 6.34. The van der Waals surface area contributed by atoms with E-state index in [1.807, 2.05) is 0 Å². The Morgan fingerprint density at radius 3 is 1.63 bits per heavy atom. The van der Waals surface area contributed by atoms with E-state index in [1.54, 1.807) is 0 Å². The average molecular weight is 400 g/mol. The first-order chi connectivity index (χ1) is 14.8. The molecular weight excluding hydrogens is 362 g/mol. The zero-order chi connectivity index (χ0) is 21.1. The number of nitrogens with one attached hydrogen (secondary N) is 1. The van der Waals surface area contributed by atoms with Gasteiger partial charge in [0.25, 0.3) is 0 Å². The summed E-state index contributed by atoms with van der Waals surface area (Å²) in [5, 5.41) is 4.06. The van der Waals surface area contributed by atoms with E-state index in [4.69, 9.17) is 0 Å². The topological polar surface area (TPSA) is 12.0 Å². The van der Waals surface area contributed by atoms with E-state index in [1.165, 1.54) is 55.2 Å². The van der Waals surface area contributed by atoms with Crippen LogP contribution in [0.4, 0.5) is 0 Å². The predicted octanol–water partition coefficient (Wildman–Crippen LogP) is 7.68. The third kappa shape index (κ3) is 5.40. The van der Waals surface area contributed by atoms with Gasteiger partial charge in [-0.1, -0.05) is 137 Å². The molecule has 1 atom stereocenters.